The number of anilines is 1. The van der Waals surface area contributed by atoms with Crippen LogP contribution in [-0.2, 0) is 36.0 Å². The molecule has 6 rings (SSSR count). The van der Waals surface area contributed by atoms with Crippen LogP contribution in [0.3, 0.4) is 0 Å². The summed E-state index contributed by atoms with van der Waals surface area (Å²) in [6, 6.07) is 11.5. The van der Waals surface area contributed by atoms with Crippen molar-refractivity contribution in [3.63, 3.8) is 0 Å². The molecule has 1 spiro atoms. The third-order valence-corrected chi connectivity index (χ3v) is 11.9. The molecule has 0 saturated heterocycles. The van der Waals surface area contributed by atoms with Gasteiger partial charge in [0.2, 0.25) is 0 Å². The Morgan fingerprint density at radius 3 is 2.84 bits per heavy atom. The van der Waals surface area contributed by atoms with Crippen LogP contribution >= 0.6 is 11.6 Å². The van der Waals surface area contributed by atoms with Gasteiger partial charge in [-0.25, -0.2) is 4.21 Å². The van der Waals surface area contributed by atoms with Gasteiger partial charge < -0.3 is 19.1 Å². The summed E-state index contributed by atoms with van der Waals surface area (Å²) in [5.74, 6) is 0.286. The van der Waals surface area contributed by atoms with Gasteiger partial charge in [-0.05, 0) is 98.2 Å². The smallest absolute Gasteiger partial charge is 0.286 e. The molecule has 4 aliphatic rings. The number of hydrogen-bond donors (Lipinski definition) is 1. The van der Waals surface area contributed by atoms with E-state index in [0.717, 1.165) is 55.9 Å². The zero-order valence-electron chi connectivity index (χ0n) is 26.0. The predicted molar refractivity (Wildman–Crippen MR) is 175 cm³/mol. The van der Waals surface area contributed by atoms with Gasteiger partial charge in [-0.3, -0.25) is 14.3 Å². The number of halogens is 1. The number of fused-ring (bicyclic) bond motifs is 4. The quantitative estimate of drug-likeness (QED) is 0.434. The number of carbonyl (C=O) groups excluding carboxylic acids is 2. The number of methoxy groups -OCH3 is 2. The van der Waals surface area contributed by atoms with Crippen molar-refractivity contribution in [2.75, 3.05) is 51.2 Å². The fourth-order valence-corrected chi connectivity index (χ4v) is 9.23. The minimum Gasteiger partial charge on any atom is -0.490 e. The zero-order valence-corrected chi connectivity index (χ0v) is 27.5. The molecule has 5 atom stereocenters. The Bertz CT molecular complexity index is 1600. The van der Waals surface area contributed by atoms with Gasteiger partial charge in [-0.1, -0.05) is 29.8 Å². The van der Waals surface area contributed by atoms with Gasteiger partial charge in [0.15, 0.2) is 0 Å². The lowest BCUT2D eigenvalue weighted by Gasteiger charge is -2.46. The number of nitrogens with zero attached hydrogens (tertiary/aromatic N) is 2. The van der Waals surface area contributed by atoms with E-state index in [1.54, 1.807) is 13.2 Å². The maximum Gasteiger partial charge on any atom is 0.286 e. The monoisotopic (exact) mass is 655 g/mol. The van der Waals surface area contributed by atoms with Gasteiger partial charge >= 0.3 is 0 Å². The summed E-state index contributed by atoms with van der Waals surface area (Å²) in [5, 5.41) is 0.742. The number of aryl methyl sites for hydroxylation is 1. The third-order valence-electron chi connectivity index (χ3n) is 9.81. The van der Waals surface area contributed by atoms with Crippen molar-refractivity contribution in [1.82, 2.24) is 4.72 Å². The molecule has 1 fully saturated rings. The van der Waals surface area contributed by atoms with Crippen LogP contribution in [0, 0.1) is 11.8 Å². The summed E-state index contributed by atoms with van der Waals surface area (Å²) in [6.07, 6.45) is 10.4. The number of allylic oxidation sites excluding steroid dienone is 1. The van der Waals surface area contributed by atoms with Crippen LogP contribution < -0.4 is 14.4 Å². The summed E-state index contributed by atoms with van der Waals surface area (Å²) < 4.78 is 37.9. The van der Waals surface area contributed by atoms with E-state index in [9.17, 15) is 13.8 Å². The SMILES string of the molecule is COCC(=O)N[S@]1(=O)=NC(=O)c2ccc3c(c2)N(C[C@@H]2CC[C@H]2[C@@H](OC)/C=C/CCC1)C[C@@]1(CCCc2cc(Cl)ccc21)CO3. The Balaban J connectivity index is 1.43. The minimum absolute atomic E-state index is 0.0331. The second kappa shape index (κ2) is 13.4. The van der Waals surface area contributed by atoms with Gasteiger partial charge in [0.1, 0.15) is 22.3 Å². The number of hydrogen-bond acceptors (Lipinski definition) is 7. The van der Waals surface area contributed by atoms with Gasteiger partial charge in [0.05, 0.1) is 24.2 Å². The Morgan fingerprint density at radius 2 is 2.07 bits per heavy atom. The average Bonchev–Trinajstić information content (AvgIpc) is 3.14. The second-order valence-electron chi connectivity index (χ2n) is 12.8. The Kier molecular flexibility index (Phi) is 9.57. The molecule has 2 heterocycles. The molecule has 0 unspecified atom stereocenters. The number of amides is 2. The van der Waals surface area contributed by atoms with E-state index in [-0.39, 0.29) is 23.9 Å². The summed E-state index contributed by atoms with van der Waals surface area (Å²) in [6.45, 7) is 1.75. The van der Waals surface area contributed by atoms with Crippen molar-refractivity contribution in [1.29, 1.82) is 0 Å². The molecule has 0 aromatic heterocycles. The first-order valence-corrected chi connectivity index (χ1v) is 17.9. The third kappa shape index (κ3) is 6.80. The van der Waals surface area contributed by atoms with Crippen molar-refractivity contribution >= 4 is 39.0 Å². The summed E-state index contributed by atoms with van der Waals surface area (Å²) in [7, 11) is -0.253. The molecule has 2 amide bonds. The van der Waals surface area contributed by atoms with Crippen LogP contribution in [0.15, 0.2) is 52.9 Å². The van der Waals surface area contributed by atoms with Crippen LogP contribution in [0.25, 0.3) is 0 Å². The molecule has 2 bridgehead atoms. The molecule has 9 nitrogen and oxygen atoms in total. The number of carbonyl (C=O) groups is 2. The van der Waals surface area contributed by atoms with E-state index in [4.69, 9.17) is 25.8 Å². The van der Waals surface area contributed by atoms with E-state index in [1.165, 1.54) is 18.2 Å². The van der Waals surface area contributed by atoms with Crippen molar-refractivity contribution in [3.8, 4) is 5.75 Å². The number of nitrogens with one attached hydrogen (secondary N) is 1. The molecular weight excluding hydrogens is 614 g/mol. The first-order chi connectivity index (χ1) is 21.7. The van der Waals surface area contributed by atoms with Gasteiger partial charge in [0.25, 0.3) is 11.8 Å². The number of ether oxygens (including phenoxy) is 3. The number of rotatable bonds is 4. The van der Waals surface area contributed by atoms with Crippen LogP contribution in [-0.4, -0.2) is 68.4 Å². The van der Waals surface area contributed by atoms with Crippen LogP contribution in [0.1, 0.15) is 60.0 Å². The predicted octanol–water partition coefficient (Wildman–Crippen LogP) is 5.49. The largest absolute Gasteiger partial charge is 0.490 e. The van der Waals surface area contributed by atoms with E-state index >= 15 is 0 Å². The topological polar surface area (TPSA) is 107 Å². The van der Waals surface area contributed by atoms with Crippen molar-refractivity contribution in [3.05, 3.63) is 70.3 Å². The van der Waals surface area contributed by atoms with E-state index < -0.39 is 21.7 Å². The molecule has 2 aliphatic heterocycles. The highest BCUT2D eigenvalue weighted by molar-refractivity contribution is 7.92. The molecule has 45 heavy (non-hydrogen) atoms. The number of benzene rings is 2. The lowest BCUT2D eigenvalue weighted by molar-refractivity contribution is -0.122. The lowest BCUT2D eigenvalue weighted by Crippen LogP contribution is -2.49. The summed E-state index contributed by atoms with van der Waals surface area (Å²) in [4.78, 5) is 28.4. The molecule has 11 heteroatoms. The summed E-state index contributed by atoms with van der Waals surface area (Å²) in [5.41, 5.74) is 3.43. The average molecular weight is 656 g/mol. The Hall–Kier alpha value is -2.92. The molecule has 2 aliphatic carbocycles. The Morgan fingerprint density at radius 1 is 1.20 bits per heavy atom. The lowest BCUT2D eigenvalue weighted by atomic mass is 9.68. The van der Waals surface area contributed by atoms with Gasteiger partial charge in [-0.15, -0.1) is 4.36 Å². The molecular formula is C34H42ClN3O6S. The molecule has 1 N–H and O–H groups in total. The molecule has 2 aromatic carbocycles. The van der Waals surface area contributed by atoms with E-state index in [2.05, 4.69) is 32.2 Å². The van der Waals surface area contributed by atoms with Crippen LogP contribution in [0.2, 0.25) is 5.02 Å². The van der Waals surface area contributed by atoms with Gasteiger partial charge in [-0.2, -0.15) is 0 Å². The van der Waals surface area contributed by atoms with Crippen molar-refractivity contribution in [2.24, 2.45) is 16.2 Å². The maximum absolute atomic E-state index is 13.9. The fourth-order valence-electron chi connectivity index (χ4n) is 7.45. The first-order valence-electron chi connectivity index (χ1n) is 15.8. The van der Waals surface area contributed by atoms with Crippen molar-refractivity contribution < 1.29 is 28.0 Å². The van der Waals surface area contributed by atoms with E-state index in [0.29, 0.717) is 42.6 Å². The highest BCUT2D eigenvalue weighted by Gasteiger charge is 2.44. The van der Waals surface area contributed by atoms with Crippen molar-refractivity contribution in [2.45, 2.75) is 56.5 Å². The molecule has 242 valence electrons. The molecule has 1 saturated carbocycles. The van der Waals surface area contributed by atoms with Crippen LogP contribution in [0.5, 0.6) is 5.75 Å². The van der Waals surface area contributed by atoms with Crippen LogP contribution in [0.4, 0.5) is 5.69 Å². The molecule has 2 aromatic rings. The fraction of sp³-hybridized carbons (Fsp3) is 0.529. The highest BCUT2D eigenvalue weighted by Crippen LogP contribution is 2.47. The molecule has 0 radical (unpaired) electrons. The zero-order chi connectivity index (χ0) is 31.6. The first kappa shape index (κ1) is 32.0. The minimum atomic E-state index is -3.39. The normalized spacial score (nSPS) is 30.5. The second-order valence-corrected chi connectivity index (χ2v) is 15.3. The van der Waals surface area contributed by atoms with E-state index in [1.807, 2.05) is 24.3 Å². The van der Waals surface area contributed by atoms with Gasteiger partial charge in [0, 0.05) is 43.3 Å². The summed E-state index contributed by atoms with van der Waals surface area (Å²) >= 11 is 6.42. The standard InChI is InChI=1S/C34H42ClN3O6S/c1-42-20-32(39)36-45(41)16-5-3-4-8-30(43-2)27-12-9-25(27)19-38-21-34(15-6-7-23-17-26(35)11-13-28(23)34)22-44-31-14-10-24(18-29(31)38)33(40)37-45/h4,8,10-11,13-14,17-18,25,27,30H,3,5-7,9,12,15-16,19-22H2,1-2H3,(H,36,37,39,40,41)/b8-4+/t25-,27+,30-,34-,45-/m0/s1. The maximum atomic E-state index is 13.9. The Labute approximate surface area is 270 Å². The highest BCUT2D eigenvalue weighted by atomic mass is 35.5.